The van der Waals surface area contributed by atoms with E-state index in [9.17, 15) is 107 Å². The largest absolute Gasteiger partial charge is 0.394 e. The Morgan fingerprint density at radius 2 is 0.683 bits per heavy atom. The maximum absolute atomic E-state index is 13.2. The van der Waals surface area contributed by atoms with Crippen LogP contribution in [0.2, 0.25) is 0 Å². The summed E-state index contributed by atoms with van der Waals surface area (Å²) in [4.78, 5) is 25.8. The number of carbonyl (C=O) groups is 2. The van der Waals surface area contributed by atoms with Gasteiger partial charge in [-0.25, -0.2) is 0 Å². The zero-order valence-corrected chi connectivity index (χ0v) is 44.4. The van der Waals surface area contributed by atoms with E-state index in [2.05, 4.69) is 10.6 Å². The Bertz CT molecular complexity index is 2030. The van der Waals surface area contributed by atoms with Crippen LogP contribution in [-0.4, -0.2) is 357 Å². The molecule has 36 heteroatoms. The van der Waals surface area contributed by atoms with E-state index in [0.717, 1.165) is 13.8 Å². The van der Waals surface area contributed by atoms with E-state index in [1.54, 1.807) is 0 Å². The fourth-order valence-electron chi connectivity index (χ4n) is 10.7. The van der Waals surface area contributed by atoms with Gasteiger partial charge in [0.25, 0.3) is 0 Å². The Hall–Kier alpha value is -2.34. The molecule has 21 N–H and O–H groups in total. The number of nitrogens with one attached hydrogen (secondary N) is 2. The van der Waals surface area contributed by atoms with E-state index in [0.29, 0.717) is 0 Å². The maximum Gasteiger partial charge on any atom is 0.217 e. The van der Waals surface area contributed by atoms with E-state index < -0.39 is 260 Å². The van der Waals surface area contributed by atoms with Gasteiger partial charge >= 0.3 is 0 Å². The molecule has 0 aromatic carbocycles. The molecular formula is C46H78N2O34. The van der Waals surface area contributed by atoms with Crippen LogP contribution < -0.4 is 10.6 Å². The summed E-state index contributed by atoms with van der Waals surface area (Å²) in [7, 11) is 0. The van der Waals surface area contributed by atoms with Gasteiger partial charge in [0, 0.05) is 13.8 Å². The average molecular weight is 1200 g/mol. The number of hydrogen-bond acceptors (Lipinski definition) is 34. The molecule has 7 heterocycles. The zero-order chi connectivity index (χ0) is 60.5. The molecule has 7 rings (SSSR count). The summed E-state index contributed by atoms with van der Waals surface area (Å²) < 4.78 is 76.4. The molecule has 0 radical (unpaired) electrons. The predicted molar refractivity (Wildman–Crippen MR) is 252 cm³/mol. The summed E-state index contributed by atoms with van der Waals surface area (Å²) in [6.45, 7) is -0.599. The monoisotopic (exact) mass is 1200 g/mol. The van der Waals surface area contributed by atoms with Crippen molar-refractivity contribution in [3.8, 4) is 0 Å². The Balaban J connectivity index is 1.21. The SMILES string of the molecule is CC(=O)N[C@H]1[C@H](O[C@H]2[C@H](O)[C@@H](O)[C@@H](O)O[C@@H]2CO)O[C@H](CO)[C@@H](O[C@@H]2O[C@H](CO)[C@H](O)[C@H](O[C@@H]3O[C@H](CO)[C@@H](O[C@@H]4O[C@H](CO)[C@H](O)[C@H](O)[C@H]4O[C@@H]4O[C@@H](C)[C@@H](O)[C@@H](O)[C@@H]4O)[C@H](O[C@@H]4O[C@@H](C)[C@@H](O)[C@@H](O)[C@@H]4O)[C@H]3NC(C)=O)[C@H]2O)[C@@H]1O. The highest BCUT2D eigenvalue weighted by atomic mass is 16.8. The van der Waals surface area contributed by atoms with Gasteiger partial charge in [-0.1, -0.05) is 0 Å². The fraction of sp³-hybridized carbons (Fsp3) is 0.957. The molecule has 7 saturated heterocycles. The summed E-state index contributed by atoms with van der Waals surface area (Å²) >= 11 is 0. The Labute approximate surface area is 465 Å². The average Bonchev–Trinajstić information content (AvgIpc) is 2.64. The van der Waals surface area contributed by atoms with Crippen LogP contribution in [0.3, 0.4) is 0 Å². The number of aliphatic hydroxyl groups is 19. The number of hydrogen-bond donors (Lipinski definition) is 21. The van der Waals surface area contributed by atoms with Crippen molar-refractivity contribution in [3.05, 3.63) is 0 Å². The quantitative estimate of drug-likeness (QED) is 0.0571. The van der Waals surface area contributed by atoms with Crippen LogP contribution in [0.4, 0.5) is 0 Å². The second-order valence-electron chi connectivity index (χ2n) is 21.0. The summed E-state index contributed by atoms with van der Waals surface area (Å²) in [5.41, 5.74) is 0. The van der Waals surface area contributed by atoms with Gasteiger partial charge in [0.05, 0.1) is 45.2 Å². The molecule has 0 saturated carbocycles. The second kappa shape index (κ2) is 28.7. The number of rotatable bonds is 19. The number of carbonyl (C=O) groups excluding carboxylic acids is 2. The van der Waals surface area contributed by atoms with Crippen LogP contribution in [-0.2, 0) is 71.2 Å². The molecule has 0 aromatic rings. The van der Waals surface area contributed by atoms with Crippen molar-refractivity contribution in [1.29, 1.82) is 0 Å². The molecule has 35 atom stereocenters. The highest BCUT2D eigenvalue weighted by Crippen LogP contribution is 2.39. The molecule has 7 aliphatic heterocycles. The number of aliphatic hydroxyl groups excluding tert-OH is 19. The van der Waals surface area contributed by atoms with Crippen molar-refractivity contribution in [2.45, 2.75) is 243 Å². The lowest BCUT2D eigenvalue weighted by atomic mass is 9.93. The first-order valence-electron chi connectivity index (χ1n) is 26.3. The van der Waals surface area contributed by atoms with Crippen LogP contribution in [0.15, 0.2) is 0 Å². The molecule has 7 aliphatic rings. The van der Waals surface area contributed by atoms with E-state index in [4.69, 9.17) is 61.6 Å². The van der Waals surface area contributed by atoms with Gasteiger partial charge in [0.15, 0.2) is 44.0 Å². The smallest absolute Gasteiger partial charge is 0.217 e. The van der Waals surface area contributed by atoms with Gasteiger partial charge < -0.3 is 169 Å². The number of ether oxygens (including phenoxy) is 13. The molecule has 0 spiro atoms. The van der Waals surface area contributed by atoms with Gasteiger partial charge in [-0.15, -0.1) is 0 Å². The van der Waals surface area contributed by atoms with Crippen molar-refractivity contribution in [1.82, 2.24) is 10.6 Å². The molecule has 0 unspecified atom stereocenters. The van der Waals surface area contributed by atoms with Crippen molar-refractivity contribution in [2.24, 2.45) is 0 Å². The topological polar surface area (TPSA) is 563 Å². The minimum absolute atomic E-state index is 0.830. The highest BCUT2D eigenvalue weighted by Gasteiger charge is 2.60. The standard InChI is InChI=1S/C46H78N2O34/c1-10-21(56)26(61)31(66)43(70-10)80-37-20(48-13(4)55)42(76-18(9-53)36(37)79-46-39(28(63)23(58)14(5-49)74-46)82-44-32(67)27(62)22(57)11(2)71-44)81-38-24(59)15(6-50)73-45(33(38)68)78-34-17(8-52)75-41(19(25(34)60)47-12(3)54)77-35-16(7-51)72-40(69)30(65)29(35)64/h10-11,14-46,49-53,56-69H,5-9H2,1-4H3,(H,47,54)(H,48,55)/t10-,11-,14+,15+,16+,17+,18+,19+,20+,21+,22+,23-,24-,25+,26+,27+,28-,29+,30+,31-,32-,33+,34+,35+,36+,37+,38-,39+,40-,41-,42-,43-,44-,45-,46-/m0/s1. The minimum atomic E-state index is -2.30. The van der Waals surface area contributed by atoms with Crippen LogP contribution in [0.5, 0.6) is 0 Å². The first-order valence-corrected chi connectivity index (χ1v) is 26.3. The van der Waals surface area contributed by atoms with Crippen molar-refractivity contribution < 1.29 is 168 Å². The zero-order valence-electron chi connectivity index (χ0n) is 44.4. The lowest BCUT2D eigenvalue weighted by Crippen LogP contribution is -2.72. The van der Waals surface area contributed by atoms with Gasteiger partial charge in [-0.2, -0.15) is 0 Å². The van der Waals surface area contributed by atoms with Crippen LogP contribution in [0.25, 0.3) is 0 Å². The second-order valence-corrected chi connectivity index (χ2v) is 21.0. The Morgan fingerprint density at radius 3 is 1.21 bits per heavy atom. The molecule has 0 aliphatic carbocycles. The summed E-state index contributed by atoms with van der Waals surface area (Å²) in [6, 6.07) is -3.64. The van der Waals surface area contributed by atoms with E-state index >= 15 is 0 Å². The van der Waals surface area contributed by atoms with Crippen LogP contribution >= 0.6 is 0 Å². The molecular weight excluding hydrogens is 1120 g/mol. The molecule has 2 amide bonds. The van der Waals surface area contributed by atoms with Crippen molar-refractivity contribution >= 4 is 11.8 Å². The Morgan fingerprint density at radius 1 is 0.317 bits per heavy atom. The number of amides is 2. The summed E-state index contributed by atoms with van der Waals surface area (Å²) in [5.74, 6) is -1.76. The molecule has 82 heavy (non-hydrogen) atoms. The van der Waals surface area contributed by atoms with E-state index in [1.165, 1.54) is 13.8 Å². The first kappa shape index (κ1) is 67.2. The van der Waals surface area contributed by atoms with Gasteiger partial charge in [0.2, 0.25) is 11.8 Å². The van der Waals surface area contributed by atoms with Crippen LogP contribution in [0.1, 0.15) is 27.7 Å². The third-order valence-corrected chi connectivity index (χ3v) is 15.3. The van der Waals surface area contributed by atoms with Crippen LogP contribution in [0, 0.1) is 0 Å². The van der Waals surface area contributed by atoms with E-state index in [-0.39, 0.29) is 0 Å². The van der Waals surface area contributed by atoms with Gasteiger partial charge in [-0.05, 0) is 13.8 Å². The lowest BCUT2D eigenvalue weighted by molar-refractivity contribution is -0.401. The normalized spacial score (nSPS) is 51.3. The van der Waals surface area contributed by atoms with Gasteiger partial charge in [-0.3, -0.25) is 9.59 Å². The predicted octanol–water partition coefficient (Wildman–Crippen LogP) is -13.9. The lowest BCUT2D eigenvalue weighted by Gasteiger charge is -2.52. The molecule has 0 bridgehead atoms. The molecule has 476 valence electrons. The van der Waals surface area contributed by atoms with Gasteiger partial charge in [0.1, 0.15) is 159 Å². The molecule has 0 aromatic heterocycles. The fourth-order valence-corrected chi connectivity index (χ4v) is 10.7. The third-order valence-electron chi connectivity index (χ3n) is 15.3. The highest BCUT2D eigenvalue weighted by molar-refractivity contribution is 5.73. The maximum atomic E-state index is 13.2. The van der Waals surface area contributed by atoms with Crippen molar-refractivity contribution in [3.63, 3.8) is 0 Å². The Kier molecular flexibility index (Phi) is 23.5. The molecule has 36 nitrogen and oxygen atoms in total. The third kappa shape index (κ3) is 14.1. The molecule has 7 fully saturated rings. The minimum Gasteiger partial charge on any atom is -0.394 e. The summed E-state index contributed by atoms with van der Waals surface area (Å²) in [6.07, 6.45) is -62.8. The van der Waals surface area contributed by atoms with Crippen molar-refractivity contribution in [2.75, 3.05) is 33.0 Å². The van der Waals surface area contributed by atoms with E-state index in [1.807, 2.05) is 0 Å². The summed E-state index contributed by atoms with van der Waals surface area (Å²) in [5, 5.41) is 211. The first-order chi connectivity index (χ1) is 38.7.